The van der Waals surface area contributed by atoms with Crippen LogP contribution in [0.5, 0.6) is 0 Å². The van der Waals surface area contributed by atoms with Crippen LogP contribution in [0.25, 0.3) is 5.69 Å². The summed E-state index contributed by atoms with van der Waals surface area (Å²) >= 11 is 0. The monoisotopic (exact) mass is 378 g/mol. The van der Waals surface area contributed by atoms with E-state index >= 15 is 0 Å². The van der Waals surface area contributed by atoms with E-state index < -0.39 is 5.82 Å². The van der Waals surface area contributed by atoms with E-state index in [1.165, 1.54) is 29.1 Å². The third-order valence-corrected chi connectivity index (χ3v) is 4.99. The number of benzene rings is 2. The molecule has 142 valence electrons. The summed E-state index contributed by atoms with van der Waals surface area (Å²) in [5.74, 6) is -0.935. The van der Waals surface area contributed by atoms with Crippen LogP contribution < -0.4 is 5.73 Å². The number of rotatable bonds is 4. The van der Waals surface area contributed by atoms with Crippen molar-refractivity contribution >= 4 is 17.5 Å². The van der Waals surface area contributed by atoms with Gasteiger partial charge in [-0.25, -0.2) is 9.07 Å². The summed E-state index contributed by atoms with van der Waals surface area (Å²) in [6.07, 6.45) is 2.01. The Morgan fingerprint density at radius 2 is 1.89 bits per heavy atom. The maximum atomic E-state index is 13.4. The van der Waals surface area contributed by atoms with Crippen molar-refractivity contribution in [1.82, 2.24) is 14.7 Å². The Bertz CT molecular complexity index is 1030. The number of likely N-dealkylation sites (tertiary alicyclic amines) is 1. The number of ketones is 1. The van der Waals surface area contributed by atoms with Crippen molar-refractivity contribution in [2.75, 3.05) is 18.8 Å². The van der Waals surface area contributed by atoms with Crippen molar-refractivity contribution in [2.24, 2.45) is 5.92 Å². The molecule has 1 aromatic heterocycles. The van der Waals surface area contributed by atoms with E-state index in [1.807, 2.05) is 30.3 Å². The number of carbonyl (C=O) groups excluding carboxylic acids is 2. The van der Waals surface area contributed by atoms with Gasteiger partial charge in [0.15, 0.2) is 5.78 Å². The van der Waals surface area contributed by atoms with Crippen LogP contribution >= 0.6 is 0 Å². The molecule has 7 heteroatoms. The van der Waals surface area contributed by atoms with Crippen LogP contribution in [0.4, 0.5) is 10.2 Å². The topological polar surface area (TPSA) is 81.2 Å². The molecule has 1 fully saturated rings. The van der Waals surface area contributed by atoms with Gasteiger partial charge in [0.1, 0.15) is 11.6 Å². The summed E-state index contributed by atoms with van der Waals surface area (Å²) in [6, 6.07) is 14.9. The van der Waals surface area contributed by atoms with E-state index in [0.717, 1.165) is 5.69 Å². The number of halogens is 1. The third kappa shape index (κ3) is 3.26. The minimum absolute atomic E-state index is 0.130. The smallest absolute Gasteiger partial charge is 0.253 e. The third-order valence-electron chi connectivity index (χ3n) is 4.99. The Balaban J connectivity index is 1.50. The highest BCUT2D eigenvalue weighted by atomic mass is 19.1. The standard InChI is InChI=1S/C21H19FN4O2/c22-16-6-4-5-14(11-16)21(28)25-10-9-15(13-25)19(27)18-12-24-26(20(18)23)17-7-2-1-3-8-17/h1-8,11-12,15H,9-10,13,23H2/t15-/m1/s1. The van der Waals surface area contributed by atoms with Gasteiger partial charge in [-0.1, -0.05) is 24.3 Å². The van der Waals surface area contributed by atoms with Gasteiger partial charge in [-0.15, -0.1) is 0 Å². The molecule has 0 unspecified atom stereocenters. The molecule has 6 nitrogen and oxygen atoms in total. The van der Waals surface area contributed by atoms with Crippen LogP contribution in [-0.4, -0.2) is 39.5 Å². The van der Waals surface area contributed by atoms with Crippen LogP contribution in [0, 0.1) is 11.7 Å². The van der Waals surface area contributed by atoms with Gasteiger partial charge in [0.2, 0.25) is 0 Å². The second-order valence-electron chi connectivity index (χ2n) is 6.80. The first-order chi connectivity index (χ1) is 13.5. The Morgan fingerprint density at radius 3 is 2.64 bits per heavy atom. The number of nitrogens with two attached hydrogens (primary N) is 1. The average Bonchev–Trinajstić information content (AvgIpc) is 3.35. The average molecular weight is 378 g/mol. The molecule has 0 bridgehead atoms. The quantitative estimate of drug-likeness (QED) is 0.708. The van der Waals surface area contributed by atoms with Crippen LogP contribution in [0.15, 0.2) is 60.8 Å². The fraction of sp³-hybridized carbons (Fsp3) is 0.190. The van der Waals surface area contributed by atoms with Gasteiger partial charge in [0.25, 0.3) is 5.91 Å². The molecular formula is C21H19FN4O2. The van der Waals surface area contributed by atoms with Crippen LogP contribution in [-0.2, 0) is 0 Å². The summed E-state index contributed by atoms with van der Waals surface area (Å²) in [4.78, 5) is 27.1. The molecule has 2 aromatic carbocycles. The number of hydrogen-bond donors (Lipinski definition) is 1. The summed E-state index contributed by atoms with van der Waals surface area (Å²) < 4.78 is 14.9. The summed E-state index contributed by atoms with van der Waals surface area (Å²) in [7, 11) is 0. The van der Waals surface area contributed by atoms with E-state index in [4.69, 9.17) is 5.73 Å². The first-order valence-electron chi connectivity index (χ1n) is 9.02. The zero-order chi connectivity index (χ0) is 19.7. The van der Waals surface area contributed by atoms with Crippen LogP contribution in [0.2, 0.25) is 0 Å². The number of carbonyl (C=O) groups is 2. The molecule has 1 amide bonds. The molecule has 0 saturated carbocycles. The molecule has 0 spiro atoms. The van der Waals surface area contributed by atoms with E-state index in [2.05, 4.69) is 5.10 Å². The first-order valence-corrected chi connectivity index (χ1v) is 9.02. The van der Waals surface area contributed by atoms with Crippen molar-refractivity contribution in [3.05, 3.63) is 77.7 Å². The maximum Gasteiger partial charge on any atom is 0.253 e. The normalized spacial score (nSPS) is 16.3. The molecule has 1 aliphatic rings. The van der Waals surface area contributed by atoms with Crippen molar-refractivity contribution in [3.63, 3.8) is 0 Å². The number of Topliss-reactive ketones (excluding diaryl/α,β-unsaturated/α-hetero) is 1. The van der Waals surface area contributed by atoms with Gasteiger partial charge in [-0.05, 0) is 36.8 Å². The fourth-order valence-corrected chi connectivity index (χ4v) is 3.51. The van der Waals surface area contributed by atoms with Gasteiger partial charge < -0.3 is 10.6 Å². The van der Waals surface area contributed by atoms with E-state index in [0.29, 0.717) is 18.5 Å². The fourth-order valence-electron chi connectivity index (χ4n) is 3.51. The second kappa shape index (κ2) is 7.26. The lowest BCUT2D eigenvalue weighted by molar-refractivity contribution is 0.0780. The number of hydrogen-bond acceptors (Lipinski definition) is 4. The van der Waals surface area contributed by atoms with Gasteiger partial charge in [-0.2, -0.15) is 5.10 Å². The van der Waals surface area contributed by atoms with E-state index in [-0.39, 0.29) is 35.5 Å². The number of para-hydroxylation sites is 1. The number of nitrogens with zero attached hydrogens (tertiary/aromatic N) is 3. The van der Waals surface area contributed by atoms with Crippen molar-refractivity contribution in [1.29, 1.82) is 0 Å². The second-order valence-corrected chi connectivity index (χ2v) is 6.80. The predicted octanol–water partition coefficient (Wildman–Crippen LogP) is 2.94. The molecule has 1 atom stereocenters. The van der Waals surface area contributed by atoms with Gasteiger partial charge in [0, 0.05) is 24.6 Å². The molecule has 2 heterocycles. The minimum atomic E-state index is -0.459. The molecule has 3 aromatic rings. The summed E-state index contributed by atoms with van der Waals surface area (Å²) in [6.45, 7) is 0.725. The van der Waals surface area contributed by atoms with E-state index in [1.54, 1.807) is 11.0 Å². The van der Waals surface area contributed by atoms with Gasteiger partial charge >= 0.3 is 0 Å². The largest absolute Gasteiger partial charge is 0.383 e. The summed E-state index contributed by atoms with van der Waals surface area (Å²) in [5, 5.41) is 4.24. The van der Waals surface area contributed by atoms with Crippen LogP contribution in [0.3, 0.4) is 0 Å². The molecule has 1 aliphatic heterocycles. The van der Waals surface area contributed by atoms with E-state index in [9.17, 15) is 14.0 Å². The molecule has 4 rings (SSSR count). The SMILES string of the molecule is Nc1c(C(=O)[C@@H]2CCN(C(=O)c3cccc(F)c3)C2)cnn1-c1ccccc1. The lowest BCUT2D eigenvalue weighted by Crippen LogP contribution is -2.30. The lowest BCUT2D eigenvalue weighted by Gasteiger charge is -2.16. The van der Waals surface area contributed by atoms with Crippen molar-refractivity contribution in [3.8, 4) is 5.69 Å². The van der Waals surface area contributed by atoms with Crippen molar-refractivity contribution < 1.29 is 14.0 Å². The first kappa shape index (κ1) is 17.9. The number of aromatic nitrogens is 2. The molecule has 2 N–H and O–H groups in total. The van der Waals surface area contributed by atoms with Crippen molar-refractivity contribution in [2.45, 2.75) is 6.42 Å². The molecule has 1 saturated heterocycles. The zero-order valence-electron chi connectivity index (χ0n) is 15.1. The molecule has 0 radical (unpaired) electrons. The number of amides is 1. The number of nitrogen functional groups attached to an aromatic ring is 1. The zero-order valence-corrected chi connectivity index (χ0v) is 15.1. The Morgan fingerprint density at radius 1 is 1.11 bits per heavy atom. The highest BCUT2D eigenvalue weighted by molar-refractivity contribution is 6.03. The lowest BCUT2D eigenvalue weighted by atomic mass is 9.98. The Kier molecular flexibility index (Phi) is 4.65. The predicted molar refractivity (Wildman–Crippen MR) is 103 cm³/mol. The van der Waals surface area contributed by atoms with Gasteiger partial charge in [-0.3, -0.25) is 9.59 Å². The number of anilines is 1. The Hall–Kier alpha value is -3.48. The molecule has 28 heavy (non-hydrogen) atoms. The Labute approximate surface area is 161 Å². The van der Waals surface area contributed by atoms with Crippen LogP contribution in [0.1, 0.15) is 27.1 Å². The highest BCUT2D eigenvalue weighted by Gasteiger charge is 2.33. The minimum Gasteiger partial charge on any atom is -0.383 e. The maximum absolute atomic E-state index is 13.4. The summed E-state index contributed by atoms with van der Waals surface area (Å²) in [5.41, 5.74) is 7.57. The molecular weight excluding hydrogens is 359 g/mol. The van der Waals surface area contributed by atoms with Gasteiger partial charge in [0.05, 0.1) is 17.4 Å². The molecule has 0 aliphatic carbocycles. The highest BCUT2D eigenvalue weighted by Crippen LogP contribution is 2.26.